The highest BCUT2D eigenvalue weighted by Gasteiger charge is 2.42. The van der Waals surface area contributed by atoms with Gasteiger partial charge < -0.3 is 14.4 Å². The van der Waals surface area contributed by atoms with E-state index >= 15 is 0 Å². The Bertz CT molecular complexity index is 469. The molecule has 96 valence electrons. The molecule has 0 saturated carbocycles. The molecule has 0 radical (unpaired) electrons. The van der Waals surface area contributed by atoms with E-state index in [4.69, 9.17) is 4.55 Å². The number of aliphatic carboxylic acids is 1. The number of quaternary nitrogens is 1. The highest BCUT2D eigenvalue weighted by Crippen LogP contribution is 2.14. The average Bonchev–Trinajstić information content (AvgIpc) is 1.70. The van der Waals surface area contributed by atoms with E-state index in [1.807, 2.05) is 0 Å². The molecular weight excluding hydrogens is 266 g/mol. The third-order valence-corrected chi connectivity index (χ3v) is 4.18. The lowest BCUT2D eigenvalue weighted by Gasteiger charge is -2.32. The van der Waals surface area contributed by atoms with E-state index in [2.05, 4.69) is 3.63 Å². The predicted molar refractivity (Wildman–Crippen MR) is 48.4 cm³/mol. The SMILES string of the molecule is C[N+](C)(C)C(C(=O)[O-])S(=O)(=O)OS(=O)(=O)O. The van der Waals surface area contributed by atoms with Crippen molar-refractivity contribution in [1.82, 2.24) is 0 Å². The minimum Gasteiger partial charge on any atom is -0.543 e. The quantitative estimate of drug-likeness (QED) is 0.412. The third kappa shape index (κ3) is 4.40. The van der Waals surface area contributed by atoms with Gasteiger partial charge in [0.2, 0.25) is 0 Å². The summed E-state index contributed by atoms with van der Waals surface area (Å²) in [7, 11) is -6.86. The van der Waals surface area contributed by atoms with Crippen LogP contribution in [0.2, 0.25) is 0 Å². The van der Waals surface area contributed by atoms with E-state index in [0.717, 1.165) is 0 Å². The fraction of sp³-hybridized carbons (Fsp3) is 0.800. The van der Waals surface area contributed by atoms with Crippen molar-refractivity contribution in [2.24, 2.45) is 0 Å². The standard InChI is InChI=1S/C5H11NO8S2/c1-6(2,3)4(5(7)8)15(9,10)14-16(11,12)13/h4H,1-3H3,(H-,7,8,11,12,13). The van der Waals surface area contributed by atoms with Crippen LogP contribution in [-0.4, -0.2) is 58.4 Å². The van der Waals surface area contributed by atoms with E-state index < -0.39 is 36.3 Å². The summed E-state index contributed by atoms with van der Waals surface area (Å²) < 4.78 is 53.8. The summed E-state index contributed by atoms with van der Waals surface area (Å²) >= 11 is 0. The van der Waals surface area contributed by atoms with Crippen molar-refractivity contribution in [3.63, 3.8) is 0 Å². The molecule has 0 fully saturated rings. The molecule has 0 aliphatic heterocycles. The van der Waals surface area contributed by atoms with Gasteiger partial charge in [-0.3, -0.25) is 4.55 Å². The van der Waals surface area contributed by atoms with Crippen LogP contribution in [0.5, 0.6) is 0 Å². The van der Waals surface area contributed by atoms with Crippen molar-refractivity contribution in [2.75, 3.05) is 21.1 Å². The summed E-state index contributed by atoms with van der Waals surface area (Å²) in [6.07, 6.45) is 0. The number of hydrogen-bond acceptors (Lipinski definition) is 7. The van der Waals surface area contributed by atoms with Crippen LogP contribution in [-0.2, 0) is 28.9 Å². The topological polar surface area (TPSA) is 138 Å². The van der Waals surface area contributed by atoms with Gasteiger partial charge in [0.1, 0.15) is 5.97 Å². The molecule has 11 heteroatoms. The molecule has 0 aromatic carbocycles. The maximum Gasteiger partial charge on any atom is 0.412 e. The Kier molecular flexibility index (Phi) is 4.05. The Morgan fingerprint density at radius 1 is 1.25 bits per heavy atom. The van der Waals surface area contributed by atoms with Gasteiger partial charge in [0, 0.05) is 0 Å². The molecule has 0 aliphatic rings. The minimum absolute atomic E-state index is 0.694. The summed E-state index contributed by atoms with van der Waals surface area (Å²) in [6, 6.07) is 0. The third-order valence-electron chi connectivity index (χ3n) is 1.36. The van der Waals surface area contributed by atoms with Crippen molar-refractivity contribution in [3.05, 3.63) is 0 Å². The number of rotatable bonds is 5. The van der Waals surface area contributed by atoms with E-state index in [1.54, 1.807) is 0 Å². The van der Waals surface area contributed by atoms with Crippen LogP contribution in [0.4, 0.5) is 0 Å². The van der Waals surface area contributed by atoms with E-state index in [9.17, 15) is 26.7 Å². The van der Waals surface area contributed by atoms with Crippen LogP contribution in [0.3, 0.4) is 0 Å². The molecule has 9 nitrogen and oxygen atoms in total. The Balaban J connectivity index is 5.51. The zero-order valence-corrected chi connectivity index (χ0v) is 10.3. The molecule has 0 bridgehead atoms. The van der Waals surface area contributed by atoms with Crippen molar-refractivity contribution < 1.29 is 39.4 Å². The first-order chi connectivity index (χ1) is 6.77. The van der Waals surface area contributed by atoms with Crippen molar-refractivity contribution in [1.29, 1.82) is 0 Å². The lowest BCUT2D eigenvalue weighted by Crippen LogP contribution is -2.59. The van der Waals surface area contributed by atoms with Crippen LogP contribution >= 0.6 is 0 Å². The molecule has 0 spiro atoms. The average molecular weight is 277 g/mol. The van der Waals surface area contributed by atoms with Crippen LogP contribution in [0, 0.1) is 0 Å². The van der Waals surface area contributed by atoms with Crippen molar-refractivity contribution >= 4 is 26.5 Å². The van der Waals surface area contributed by atoms with Gasteiger partial charge in [-0.1, -0.05) is 0 Å². The molecule has 16 heavy (non-hydrogen) atoms. The Labute approximate surface area is 92.9 Å². The minimum atomic E-state index is -5.31. The van der Waals surface area contributed by atoms with Crippen LogP contribution in [0.25, 0.3) is 0 Å². The summed E-state index contributed by atoms with van der Waals surface area (Å²) in [6.45, 7) is 0. The van der Waals surface area contributed by atoms with Gasteiger partial charge in [-0.2, -0.15) is 16.8 Å². The smallest absolute Gasteiger partial charge is 0.412 e. The number of hydrogen-bond donors (Lipinski definition) is 1. The number of carbonyl (C=O) groups excluding carboxylic acids is 1. The maximum absolute atomic E-state index is 11.2. The zero-order chi connectivity index (χ0) is 13.4. The Hall–Kier alpha value is -0.750. The first kappa shape index (κ1) is 15.2. The molecule has 0 aliphatic carbocycles. The highest BCUT2D eigenvalue weighted by molar-refractivity contribution is 7.98. The fourth-order valence-corrected chi connectivity index (χ4v) is 3.25. The van der Waals surface area contributed by atoms with Gasteiger partial charge >= 0.3 is 20.5 Å². The van der Waals surface area contributed by atoms with Gasteiger partial charge in [-0.15, -0.1) is 3.63 Å². The highest BCUT2D eigenvalue weighted by atomic mass is 32.3. The molecule has 0 rings (SSSR count). The number of likely N-dealkylation sites (N-methyl/N-ethyl adjacent to an activating group) is 1. The normalized spacial score (nSPS) is 15.8. The number of nitrogens with zero attached hydrogens (tertiary/aromatic N) is 1. The summed E-state index contributed by atoms with van der Waals surface area (Å²) in [5.74, 6) is -2.05. The molecular formula is C5H11NO8S2. The van der Waals surface area contributed by atoms with Crippen molar-refractivity contribution in [2.45, 2.75) is 5.37 Å². The van der Waals surface area contributed by atoms with Gasteiger partial charge in [0.15, 0.2) is 0 Å². The number of carboxylic acid groups (broad SMARTS) is 1. The summed E-state index contributed by atoms with van der Waals surface area (Å²) in [5, 5.41) is 8.33. The summed E-state index contributed by atoms with van der Waals surface area (Å²) in [5.41, 5.74) is 0. The molecule has 1 N–H and O–H groups in total. The van der Waals surface area contributed by atoms with Crippen molar-refractivity contribution in [3.8, 4) is 0 Å². The number of carboxylic acids is 1. The molecule has 0 saturated heterocycles. The zero-order valence-electron chi connectivity index (χ0n) is 8.65. The lowest BCUT2D eigenvalue weighted by atomic mass is 10.5. The monoisotopic (exact) mass is 277 g/mol. The van der Waals surface area contributed by atoms with Crippen LogP contribution in [0.1, 0.15) is 0 Å². The van der Waals surface area contributed by atoms with Crippen LogP contribution in [0.15, 0.2) is 0 Å². The first-order valence-corrected chi connectivity index (χ1v) is 6.55. The molecule has 0 aromatic heterocycles. The summed E-state index contributed by atoms with van der Waals surface area (Å²) in [4.78, 5) is 10.6. The molecule has 0 aromatic rings. The second-order valence-corrected chi connectivity index (χ2v) is 6.61. The fourth-order valence-electron chi connectivity index (χ4n) is 0.978. The van der Waals surface area contributed by atoms with Gasteiger partial charge in [0.05, 0.1) is 21.1 Å². The van der Waals surface area contributed by atoms with Gasteiger partial charge in [-0.05, 0) is 0 Å². The Morgan fingerprint density at radius 3 is 1.81 bits per heavy atom. The second-order valence-electron chi connectivity index (χ2n) is 3.78. The largest absolute Gasteiger partial charge is 0.543 e. The first-order valence-electron chi connectivity index (χ1n) is 3.72. The van der Waals surface area contributed by atoms with Crippen LogP contribution < -0.4 is 5.11 Å². The van der Waals surface area contributed by atoms with Gasteiger partial charge in [0.25, 0.3) is 5.37 Å². The van der Waals surface area contributed by atoms with E-state index in [-0.39, 0.29) is 0 Å². The van der Waals surface area contributed by atoms with E-state index in [0.29, 0.717) is 0 Å². The molecule has 1 atom stereocenters. The maximum atomic E-state index is 11.2. The predicted octanol–water partition coefficient (Wildman–Crippen LogP) is -3.08. The molecule has 0 amide bonds. The Morgan fingerprint density at radius 2 is 1.62 bits per heavy atom. The molecule has 0 heterocycles. The second kappa shape index (κ2) is 4.25. The lowest BCUT2D eigenvalue weighted by molar-refractivity contribution is -0.875. The number of carbonyl (C=O) groups is 1. The van der Waals surface area contributed by atoms with E-state index in [1.165, 1.54) is 21.1 Å². The molecule has 1 unspecified atom stereocenters. The van der Waals surface area contributed by atoms with Gasteiger partial charge in [-0.25, -0.2) is 0 Å².